The Morgan fingerprint density at radius 1 is 0.833 bits per heavy atom. The Kier molecular flexibility index (Phi) is 5.68. The van der Waals surface area contributed by atoms with Crippen LogP contribution in [0.5, 0.6) is 28.7 Å². The number of hydrogen-bond donors (Lipinski definition) is 3. The third kappa shape index (κ3) is 4.91. The van der Waals surface area contributed by atoms with Gasteiger partial charge in [-0.3, -0.25) is 4.79 Å². The highest BCUT2D eigenvalue weighted by atomic mass is 19.4. The largest absolute Gasteiger partial charge is 0.508 e. The number of hydrogen-bond acceptors (Lipinski definition) is 5. The lowest BCUT2D eigenvalue weighted by molar-refractivity contribution is -0.137. The summed E-state index contributed by atoms with van der Waals surface area (Å²) in [6, 6.07) is 12.5. The van der Waals surface area contributed by atoms with E-state index in [2.05, 4.69) is 0 Å². The molecule has 154 valence electrons. The first-order valence-electron chi connectivity index (χ1n) is 8.56. The van der Waals surface area contributed by atoms with E-state index in [0.29, 0.717) is 11.3 Å². The van der Waals surface area contributed by atoms with Gasteiger partial charge in [-0.1, -0.05) is 18.2 Å². The third-order valence-corrected chi connectivity index (χ3v) is 4.05. The number of halogens is 3. The minimum Gasteiger partial charge on any atom is -0.508 e. The quantitative estimate of drug-likeness (QED) is 0.377. The van der Waals surface area contributed by atoms with E-state index in [1.807, 2.05) is 0 Å². The van der Waals surface area contributed by atoms with Crippen LogP contribution in [0.15, 0.2) is 66.7 Å². The number of benzene rings is 3. The van der Waals surface area contributed by atoms with Crippen LogP contribution in [0.1, 0.15) is 21.5 Å². The predicted molar refractivity (Wildman–Crippen MR) is 103 cm³/mol. The van der Waals surface area contributed by atoms with Gasteiger partial charge in [0, 0.05) is 12.1 Å². The number of phenols is 3. The molecule has 0 bridgehead atoms. The zero-order valence-electron chi connectivity index (χ0n) is 15.2. The van der Waals surface area contributed by atoms with E-state index in [1.54, 1.807) is 24.3 Å². The van der Waals surface area contributed by atoms with Crippen molar-refractivity contribution in [3.63, 3.8) is 0 Å². The SMILES string of the molecule is O=C(/C=C/c1ccc(Oc2ccc(C(F)(F)F)cc2)cc1)c1c(O)cc(O)cc1O. The molecule has 0 aromatic heterocycles. The molecule has 3 rings (SSSR count). The fourth-order valence-electron chi connectivity index (χ4n) is 2.60. The fourth-order valence-corrected chi connectivity index (χ4v) is 2.60. The number of ether oxygens (including phenoxy) is 1. The number of carbonyl (C=O) groups is 1. The summed E-state index contributed by atoms with van der Waals surface area (Å²) < 4.78 is 43.2. The maximum Gasteiger partial charge on any atom is 0.416 e. The van der Waals surface area contributed by atoms with Crippen LogP contribution in [0.4, 0.5) is 13.2 Å². The zero-order chi connectivity index (χ0) is 21.9. The normalized spacial score (nSPS) is 11.6. The molecule has 8 heteroatoms. The van der Waals surface area contributed by atoms with Crippen LogP contribution >= 0.6 is 0 Å². The lowest BCUT2D eigenvalue weighted by atomic mass is 10.1. The van der Waals surface area contributed by atoms with Crippen molar-refractivity contribution in [2.45, 2.75) is 6.18 Å². The van der Waals surface area contributed by atoms with Crippen molar-refractivity contribution in [2.75, 3.05) is 0 Å². The van der Waals surface area contributed by atoms with E-state index in [4.69, 9.17) is 4.74 Å². The second kappa shape index (κ2) is 8.20. The Morgan fingerprint density at radius 2 is 1.33 bits per heavy atom. The molecule has 5 nitrogen and oxygen atoms in total. The highest BCUT2D eigenvalue weighted by Gasteiger charge is 2.30. The van der Waals surface area contributed by atoms with E-state index >= 15 is 0 Å². The van der Waals surface area contributed by atoms with E-state index in [0.717, 1.165) is 30.3 Å². The van der Waals surface area contributed by atoms with E-state index in [1.165, 1.54) is 18.2 Å². The van der Waals surface area contributed by atoms with Crippen molar-refractivity contribution in [3.05, 3.63) is 83.4 Å². The van der Waals surface area contributed by atoms with Crippen LogP contribution in [0.2, 0.25) is 0 Å². The van der Waals surface area contributed by atoms with Crippen LogP contribution in [0.25, 0.3) is 6.08 Å². The molecule has 3 aromatic rings. The molecule has 0 aliphatic carbocycles. The summed E-state index contributed by atoms with van der Waals surface area (Å²) >= 11 is 0. The molecule has 0 aliphatic heterocycles. The van der Waals surface area contributed by atoms with Gasteiger partial charge in [0.1, 0.15) is 34.3 Å². The maximum atomic E-state index is 12.6. The number of aromatic hydroxyl groups is 3. The number of alkyl halides is 3. The van der Waals surface area contributed by atoms with Crippen LogP contribution in [-0.4, -0.2) is 21.1 Å². The zero-order valence-corrected chi connectivity index (χ0v) is 15.2. The lowest BCUT2D eigenvalue weighted by Gasteiger charge is -2.09. The van der Waals surface area contributed by atoms with Crippen molar-refractivity contribution < 1.29 is 38.0 Å². The Balaban J connectivity index is 1.68. The smallest absolute Gasteiger partial charge is 0.416 e. The number of carbonyl (C=O) groups excluding carboxylic acids is 1. The summed E-state index contributed by atoms with van der Waals surface area (Å²) in [4.78, 5) is 12.2. The summed E-state index contributed by atoms with van der Waals surface area (Å²) in [5.41, 5.74) is -0.516. The van der Waals surface area contributed by atoms with Crippen molar-refractivity contribution in [1.29, 1.82) is 0 Å². The highest BCUT2D eigenvalue weighted by molar-refractivity contribution is 6.10. The Labute approximate surface area is 168 Å². The van der Waals surface area contributed by atoms with Gasteiger partial charge in [-0.25, -0.2) is 0 Å². The van der Waals surface area contributed by atoms with E-state index < -0.39 is 29.0 Å². The lowest BCUT2D eigenvalue weighted by Crippen LogP contribution is -2.03. The Morgan fingerprint density at radius 3 is 1.83 bits per heavy atom. The minimum atomic E-state index is -4.42. The van der Waals surface area contributed by atoms with E-state index in [-0.39, 0.29) is 17.1 Å². The standard InChI is InChI=1S/C22H15F3O5/c23-22(24,25)14-4-8-17(9-5-14)30-16-6-1-13(2-7-16)3-10-18(27)21-19(28)11-15(26)12-20(21)29/h1-12,26,28-29H/b10-3+. The number of allylic oxidation sites excluding steroid dienone is 1. The van der Waals surface area contributed by atoms with Gasteiger partial charge in [-0.05, 0) is 48.0 Å². The number of rotatable bonds is 5. The molecule has 0 saturated heterocycles. The van der Waals surface area contributed by atoms with Crippen molar-refractivity contribution >= 4 is 11.9 Å². The summed E-state index contributed by atoms with van der Waals surface area (Å²) in [7, 11) is 0. The van der Waals surface area contributed by atoms with Gasteiger partial charge in [-0.15, -0.1) is 0 Å². The molecule has 0 amide bonds. The van der Waals surface area contributed by atoms with Gasteiger partial charge in [0.25, 0.3) is 0 Å². The summed E-state index contributed by atoms with van der Waals surface area (Å²) in [6.45, 7) is 0. The predicted octanol–water partition coefficient (Wildman–Crippen LogP) is 5.51. The molecule has 3 N–H and O–H groups in total. The molecule has 0 fully saturated rings. The van der Waals surface area contributed by atoms with E-state index in [9.17, 15) is 33.3 Å². The fraction of sp³-hybridized carbons (Fsp3) is 0.0455. The van der Waals surface area contributed by atoms with Crippen LogP contribution in [0.3, 0.4) is 0 Å². The third-order valence-electron chi connectivity index (χ3n) is 4.05. The van der Waals surface area contributed by atoms with Gasteiger partial charge < -0.3 is 20.1 Å². The molecule has 0 heterocycles. The number of ketones is 1. The molecule has 30 heavy (non-hydrogen) atoms. The van der Waals surface area contributed by atoms with Gasteiger partial charge >= 0.3 is 6.18 Å². The average molecular weight is 416 g/mol. The average Bonchev–Trinajstić information content (AvgIpc) is 2.66. The molecule has 0 radical (unpaired) electrons. The summed E-state index contributed by atoms with van der Waals surface area (Å²) in [5, 5.41) is 28.7. The maximum absolute atomic E-state index is 12.6. The molecular formula is C22H15F3O5. The molecule has 3 aromatic carbocycles. The van der Waals surface area contributed by atoms with Crippen molar-refractivity contribution in [1.82, 2.24) is 0 Å². The molecule has 0 aliphatic rings. The van der Waals surface area contributed by atoms with Gasteiger partial charge in [-0.2, -0.15) is 13.2 Å². The topological polar surface area (TPSA) is 87.0 Å². The van der Waals surface area contributed by atoms with Gasteiger partial charge in [0.2, 0.25) is 0 Å². The molecule has 0 saturated carbocycles. The van der Waals surface area contributed by atoms with Crippen LogP contribution in [0, 0.1) is 0 Å². The van der Waals surface area contributed by atoms with Crippen LogP contribution < -0.4 is 4.74 Å². The summed E-state index contributed by atoms with van der Waals surface area (Å²) in [5.74, 6) is -1.54. The monoisotopic (exact) mass is 416 g/mol. The Hall–Kier alpha value is -3.94. The van der Waals surface area contributed by atoms with Gasteiger partial charge in [0.15, 0.2) is 5.78 Å². The first-order chi connectivity index (χ1) is 14.1. The molecule has 0 atom stereocenters. The number of phenolic OH excluding ortho intramolecular Hbond substituents is 3. The van der Waals surface area contributed by atoms with Crippen molar-refractivity contribution in [3.8, 4) is 28.7 Å². The second-order valence-corrected chi connectivity index (χ2v) is 6.25. The molecule has 0 unspecified atom stereocenters. The first kappa shape index (κ1) is 20.8. The molecule has 0 spiro atoms. The first-order valence-corrected chi connectivity index (χ1v) is 8.56. The molecular weight excluding hydrogens is 401 g/mol. The highest BCUT2D eigenvalue weighted by Crippen LogP contribution is 2.33. The summed E-state index contributed by atoms with van der Waals surface area (Å²) in [6.07, 6.45) is -1.84. The second-order valence-electron chi connectivity index (χ2n) is 6.25. The van der Waals surface area contributed by atoms with Gasteiger partial charge in [0.05, 0.1) is 5.56 Å². The minimum absolute atomic E-state index is 0.236. The Bertz CT molecular complexity index is 1060. The van der Waals surface area contributed by atoms with Crippen molar-refractivity contribution in [2.24, 2.45) is 0 Å². The van der Waals surface area contributed by atoms with Crippen LogP contribution in [-0.2, 0) is 6.18 Å².